The van der Waals surface area contributed by atoms with E-state index in [-0.39, 0.29) is 7.43 Å². The Balaban J connectivity index is 0.000000917. The molecule has 0 bridgehead atoms. The summed E-state index contributed by atoms with van der Waals surface area (Å²) in [5.74, 6) is 0.571. The zero-order valence-corrected chi connectivity index (χ0v) is 11.3. The Kier molecular flexibility index (Phi) is 7.78. The summed E-state index contributed by atoms with van der Waals surface area (Å²) >= 11 is 0. The van der Waals surface area contributed by atoms with Gasteiger partial charge in [0.05, 0.1) is 0 Å². The van der Waals surface area contributed by atoms with Crippen molar-refractivity contribution in [2.24, 2.45) is 0 Å². The molecule has 2 aromatic carbocycles. The fourth-order valence-electron chi connectivity index (χ4n) is 1.88. The van der Waals surface area contributed by atoms with Crippen molar-refractivity contribution in [2.45, 2.75) is 41.0 Å². The summed E-state index contributed by atoms with van der Waals surface area (Å²) < 4.78 is 0. The van der Waals surface area contributed by atoms with Crippen molar-refractivity contribution >= 4 is 0 Å². The third kappa shape index (κ3) is 4.03. The molecule has 0 aromatic heterocycles. The zero-order valence-electron chi connectivity index (χ0n) is 11.3. The second kappa shape index (κ2) is 8.52. The van der Waals surface area contributed by atoms with E-state index in [0.717, 1.165) is 0 Å². The first kappa shape index (κ1) is 16.4. The van der Waals surface area contributed by atoms with E-state index >= 15 is 0 Å². The van der Waals surface area contributed by atoms with Crippen molar-refractivity contribution in [2.75, 3.05) is 0 Å². The van der Waals surface area contributed by atoms with E-state index in [9.17, 15) is 0 Å². The summed E-state index contributed by atoms with van der Waals surface area (Å²) in [5, 5.41) is 0. The van der Waals surface area contributed by atoms with E-state index in [1.165, 1.54) is 16.7 Å². The summed E-state index contributed by atoms with van der Waals surface area (Å²) in [7, 11) is 0. The van der Waals surface area contributed by atoms with Gasteiger partial charge in [0.2, 0.25) is 0 Å². The SMILES string of the molecule is C.CC.CC(C)c1ccccc1-c1ccccc1. The van der Waals surface area contributed by atoms with E-state index in [1.54, 1.807) is 0 Å². The Morgan fingerprint density at radius 2 is 1.22 bits per heavy atom. The molecule has 0 aliphatic rings. The van der Waals surface area contributed by atoms with Gasteiger partial charge in [0.15, 0.2) is 0 Å². The van der Waals surface area contributed by atoms with Crippen LogP contribution in [0.5, 0.6) is 0 Å². The lowest BCUT2D eigenvalue weighted by Gasteiger charge is -2.12. The van der Waals surface area contributed by atoms with Crippen molar-refractivity contribution in [1.82, 2.24) is 0 Å². The van der Waals surface area contributed by atoms with Crippen LogP contribution in [0, 0.1) is 0 Å². The van der Waals surface area contributed by atoms with Crippen LogP contribution in [-0.2, 0) is 0 Å². The lowest BCUT2D eigenvalue weighted by molar-refractivity contribution is 0.869. The highest BCUT2D eigenvalue weighted by Gasteiger charge is 2.06. The van der Waals surface area contributed by atoms with E-state index in [4.69, 9.17) is 0 Å². The van der Waals surface area contributed by atoms with Crippen LogP contribution in [0.15, 0.2) is 54.6 Å². The predicted octanol–water partition coefficient (Wildman–Crippen LogP) is 6.14. The van der Waals surface area contributed by atoms with Crippen molar-refractivity contribution in [3.05, 3.63) is 60.2 Å². The normalized spacial score (nSPS) is 9.17. The van der Waals surface area contributed by atoms with Gasteiger partial charge in [-0.2, -0.15) is 0 Å². The highest BCUT2D eigenvalue weighted by molar-refractivity contribution is 5.67. The maximum Gasteiger partial charge on any atom is -0.0149 e. The third-order valence-corrected chi connectivity index (χ3v) is 2.67. The van der Waals surface area contributed by atoms with Gasteiger partial charge in [-0.1, -0.05) is 89.7 Å². The summed E-state index contributed by atoms with van der Waals surface area (Å²) in [6.45, 7) is 8.48. The fourth-order valence-corrected chi connectivity index (χ4v) is 1.88. The second-order valence-corrected chi connectivity index (χ2v) is 4.11. The molecule has 98 valence electrons. The van der Waals surface area contributed by atoms with Crippen LogP contribution in [0.3, 0.4) is 0 Å². The first-order valence-electron chi connectivity index (χ1n) is 6.43. The molecule has 0 fully saturated rings. The Bertz CT molecular complexity index is 427. The monoisotopic (exact) mass is 242 g/mol. The minimum Gasteiger partial charge on any atom is -0.0776 e. The molecule has 2 aromatic rings. The second-order valence-electron chi connectivity index (χ2n) is 4.11. The van der Waals surface area contributed by atoms with Gasteiger partial charge in [0.25, 0.3) is 0 Å². The topological polar surface area (TPSA) is 0 Å². The fraction of sp³-hybridized carbons (Fsp3) is 0.333. The minimum absolute atomic E-state index is 0. The average molecular weight is 242 g/mol. The van der Waals surface area contributed by atoms with Gasteiger partial charge < -0.3 is 0 Å². The molecule has 0 unspecified atom stereocenters. The summed E-state index contributed by atoms with van der Waals surface area (Å²) in [4.78, 5) is 0. The molecule has 0 amide bonds. The van der Waals surface area contributed by atoms with Crippen molar-refractivity contribution in [3.63, 3.8) is 0 Å². The van der Waals surface area contributed by atoms with Crippen LogP contribution in [0.2, 0.25) is 0 Å². The molecule has 0 aliphatic carbocycles. The molecule has 0 atom stereocenters. The minimum atomic E-state index is 0. The average Bonchev–Trinajstić information content (AvgIpc) is 2.42. The first-order valence-corrected chi connectivity index (χ1v) is 6.43. The number of benzene rings is 2. The van der Waals surface area contributed by atoms with Gasteiger partial charge in [-0.15, -0.1) is 0 Å². The molecule has 0 N–H and O–H groups in total. The van der Waals surface area contributed by atoms with Crippen LogP contribution >= 0.6 is 0 Å². The number of rotatable bonds is 2. The molecular weight excluding hydrogens is 216 g/mol. The van der Waals surface area contributed by atoms with Gasteiger partial charge in [-0.3, -0.25) is 0 Å². The van der Waals surface area contributed by atoms with Crippen molar-refractivity contribution in [3.8, 4) is 11.1 Å². The Labute approximate surface area is 113 Å². The van der Waals surface area contributed by atoms with E-state index in [2.05, 4.69) is 68.4 Å². The Hall–Kier alpha value is -1.56. The molecule has 0 heteroatoms. The number of hydrogen-bond donors (Lipinski definition) is 0. The molecule has 0 aliphatic heterocycles. The van der Waals surface area contributed by atoms with Crippen molar-refractivity contribution in [1.29, 1.82) is 0 Å². The van der Waals surface area contributed by atoms with Crippen LogP contribution in [0.25, 0.3) is 11.1 Å². The third-order valence-electron chi connectivity index (χ3n) is 2.67. The van der Waals surface area contributed by atoms with E-state index in [0.29, 0.717) is 5.92 Å². The molecule has 0 heterocycles. The smallest absolute Gasteiger partial charge is 0.0149 e. The molecule has 2 rings (SSSR count). The Morgan fingerprint density at radius 1 is 0.722 bits per heavy atom. The van der Waals surface area contributed by atoms with Gasteiger partial charge in [-0.05, 0) is 22.6 Å². The van der Waals surface area contributed by atoms with Gasteiger partial charge >= 0.3 is 0 Å². The zero-order chi connectivity index (χ0) is 12.7. The summed E-state index contributed by atoms with van der Waals surface area (Å²) in [5.41, 5.74) is 4.08. The first-order chi connectivity index (χ1) is 8.29. The lowest BCUT2D eigenvalue weighted by atomic mass is 9.93. The maximum absolute atomic E-state index is 2.24. The highest BCUT2D eigenvalue weighted by Crippen LogP contribution is 2.28. The lowest BCUT2D eigenvalue weighted by Crippen LogP contribution is -1.91. The molecular formula is C18H26. The van der Waals surface area contributed by atoms with Crippen LogP contribution in [0.1, 0.15) is 46.6 Å². The molecule has 18 heavy (non-hydrogen) atoms. The standard InChI is InChI=1S/C15H16.C2H6.CH4/c1-12(2)14-10-6-7-11-15(14)13-8-4-3-5-9-13;1-2;/h3-12H,1-2H3;1-2H3;1H4. The quantitative estimate of drug-likeness (QED) is 0.593. The molecule has 0 spiro atoms. The van der Waals surface area contributed by atoms with Crippen LogP contribution in [-0.4, -0.2) is 0 Å². The molecule has 0 saturated carbocycles. The maximum atomic E-state index is 2.24. The van der Waals surface area contributed by atoms with Gasteiger partial charge in [0, 0.05) is 0 Å². The van der Waals surface area contributed by atoms with Crippen LogP contribution in [0.4, 0.5) is 0 Å². The van der Waals surface area contributed by atoms with Gasteiger partial charge in [0.1, 0.15) is 0 Å². The van der Waals surface area contributed by atoms with E-state index in [1.807, 2.05) is 13.8 Å². The molecule has 0 saturated heterocycles. The number of hydrogen-bond acceptors (Lipinski definition) is 0. The highest BCUT2D eigenvalue weighted by atomic mass is 14.1. The molecule has 0 nitrogen and oxygen atoms in total. The summed E-state index contributed by atoms with van der Waals surface area (Å²) in [6, 6.07) is 19.2. The predicted molar refractivity (Wildman–Crippen MR) is 84.0 cm³/mol. The van der Waals surface area contributed by atoms with Crippen LogP contribution < -0.4 is 0 Å². The molecule has 0 radical (unpaired) electrons. The van der Waals surface area contributed by atoms with Gasteiger partial charge in [-0.25, -0.2) is 0 Å². The Morgan fingerprint density at radius 3 is 1.78 bits per heavy atom. The largest absolute Gasteiger partial charge is 0.0776 e. The van der Waals surface area contributed by atoms with E-state index < -0.39 is 0 Å². The summed E-state index contributed by atoms with van der Waals surface area (Å²) in [6.07, 6.45) is 0. The van der Waals surface area contributed by atoms with Crippen molar-refractivity contribution < 1.29 is 0 Å².